The smallest absolute Gasteiger partial charge is 0.342 e. The Balaban J connectivity index is 1.43. The Labute approximate surface area is 229 Å². The summed E-state index contributed by atoms with van der Waals surface area (Å²) in [4.78, 5) is 54.3. The predicted molar refractivity (Wildman–Crippen MR) is 129 cm³/mol. The van der Waals surface area contributed by atoms with Crippen molar-refractivity contribution in [2.75, 3.05) is 6.61 Å². The van der Waals surface area contributed by atoms with E-state index in [2.05, 4.69) is 0 Å². The van der Waals surface area contributed by atoms with Crippen LogP contribution in [0.15, 0.2) is 12.2 Å². The van der Waals surface area contributed by atoms with E-state index in [1.54, 1.807) is 26.8 Å². The van der Waals surface area contributed by atoms with E-state index in [1.165, 1.54) is 6.08 Å². The minimum atomic E-state index is -2.28. The van der Waals surface area contributed by atoms with Gasteiger partial charge < -0.3 is 29.2 Å². The van der Waals surface area contributed by atoms with E-state index in [9.17, 15) is 29.4 Å². The SMILES string of the molecule is C[C@@]12C[C@H]3OC(=O)[C@@H]1CO[C@@]14O[C@@]5([C@H]2C1=O)[C@@]3(C)OC(=O)[C@@]5(O)CC[C@H]1[C@H]4C[C@@H](O)[C@@]2(Cl)CC=CC(=O)[C@]12C. The Bertz CT molecular complexity index is 1330. The maximum atomic E-state index is 14.9. The number of ketones is 2. The van der Waals surface area contributed by atoms with Gasteiger partial charge in [-0.25, -0.2) is 4.79 Å². The summed E-state index contributed by atoms with van der Waals surface area (Å²) in [5.74, 6) is -7.85. The number of carbonyl (C=O) groups excluding carboxylic acids is 4. The van der Waals surface area contributed by atoms with Gasteiger partial charge in [-0.2, -0.15) is 0 Å². The van der Waals surface area contributed by atoms with Crippen LogP contribution in [-0.4, -0.2) is 80.0 Å². The maximum Gasteiger partial charge on any atom is 0.342 e. The maximum absolute atomic E-state index is 14.9. The van der Waals surface area contributed by atoms with Crippen molar-refractivity contribution in [3.63, 3.8) is 0 Å². The van der Waals surface area contributed by atoms with Crippen molar-refractivity contribution < 1.29 is 48.3 Å². The fraction of sp³-hybridized carbons (Fsp3) is 0.786. The summed E-state index contributed by atoms with van der Waals surface area (Å²) in [7, 11) is 0. The first kappa shape index (κ1) is 24.9. The molecule has 8 rings (SSSR count). The molecule has 3 aliphatic carbocycles. The molecule has 2 saturated carbocycles. The van der Waals surface area contributed by atoms with Gasteiger partial charge in [-0.05, 0) is 56.4 Å². The fourth-order valence-corrected chi connectivity index (χ4v) is 10.9. The topological polar surface area (TPSA) is 146 Å². The molecule has 5 heterocycles. The minimum absolute atomic E-state index is 0.00137. The van der Waals surface area contributed by atoms with Crippen molar-refractivity contribution in [1.82, 2.24) is 0 Å². The lowest BCUT2D eigenvalue weighted by Gasteiger charge is -2.64. The van der Waals surface area contributed by atoms with Gasteiger partial charge in [0.05, 0.1) is 34.8 Å². The number of aliphatic hydroxyl groups is 2. The van der Waals surface area contributed by atoms with Crippen LogP contribution in [0.5, 0.6) is 0 Å². The third kappa shape index (κ3) is 2.15. The van der Waals surface area contributed by atoms with E-state index in [4.69, 9.17) is 30.5 Å². The number of Topliss-reactive ketones (excluding diaryl/α,β-unsaturated/α-hetero) is 1. The van der Waals surface area contributed by atoms with Crippen molar-refractivity contribution in [2.24, 2.45) is 34.5 Å². The lowest BCUT2D eigenvalue weighted by atomic mass is 9.46. The molecule has 0 unspecified atom stereocenters. The largest absolute Gasteiger partial charge is 0.458 e. The third-order valence-electron chi connectivity index (χ3n) is 12.6. The second-order valence-electron chi connectivity index (χ2n) is 13.7. The molecule has 210 valence electrons. The number of hydrogen-bond acceptors (Lipinski definition) is 10. The highest BCUT2D eigenvalue weighted by Crippen LogP contribution is 2.75. The van der Waals surface area contributed by atoms with Crippen molar-refractivity contribution in [2.45, 2.75) is 92.5 Å². The van der Waals surface area contributed by atoms with Gasteiger partial charge in [-0.1, -0.05) is 19.9 Å². The van der Waals surface area contributed by atoms with Gasteiger partial charge >= 0.3 is 11.9 Å². The van der Waals surface area contributed by atoms with Gasteiger partial charge in [-0.15, -0.1) is 11.6 Å². The molecule has 0 aromatic rings. The first-order chi connectivity index (χ1) is 18.2. The predicted octanol–water partition coefficient (Wildman–Crippen LogP) is 0.969. The first-order valence-corrected chi connectivity index (χ1v) is 14.2. The van der Waals surface area contributed by atoms with Crippen LogP contribution < -0.4 is 0 Å². The number of ether oxygens (including phenoxy) is 4. The lowest BCUT2D eigenvalue weighted by molar-refractivity contribution is -0.378. The van der Waals surface area contributed by atoms with E-state index < -0.39 is 91.9 Å². The van der Waals surface area contributed by atoms with Gasteiger partial charge in [0.2, 0.25) is 5.79 Å². The van der Waals surface area contributed by atoms with E-state index in [0.29, 0.717) is 0 Å². The number of hydrogen-bond donors (Lipinski definition) is 2. The van der Waals surface area contributed by atoms with E-state index in [0.717, 1.165) is 0 Å². The molecule has 7 fully saturated rings. The van der Waals surface area contributed by atoms with E-state index in [-0.39, 0.29) is 44.5 Å². The van der Waals surface area contributed by atoms with Crippen LogP contribution >= 0.6 is 11.6 Å². The van der Waals surface area contributed by atoms with Gasteiger partial charge in [0.15, 0.2) is 28.4 Å². The van der Waals surface area contributed by atoms with Crippen LogP contribution in [0, 0.1) is 34.5 Å². The monoisotopic (exact) mass is 562 g/mol. The molecule has 0 radical (unpaired) electrons. The zero-order valence-corrected chi connectivity index (χ0v) is 22.7. The van der Waals surface area contributed by atoms with Crippen LogP contribution in [0.3, 0.4) is 0 Å². The summed E-state index contributed by atoms with van der Waals surface area (Å²) in [6.07, 6.45) is 1.39. The number of carbonyl (C=O) groups is 4. The normalized spacial score (nSPS) is 62.0. The van der Waals surface area contributed by atoms with E-state index in [1.807, 2.05) is 0 Å². The minimum Gasteiger partial charge on any atom is -0.458 e. The number of fused-ring (bicyclic) bond motifs is 5. The molecular weight excluding hydrogens is 532 g/mol. The summed E-state index contributed by atoms with van der Waals surface area (Å²) in [5, 5.41) is 24.0. The van der Waals surface area contributed by atoms with Crippen LogP contribution in [0.1, 0.15) is 52.9 Å². The molecule has 8 aliphatic rings. The summed E-state index contributed by atoms with van der Waals surface area (Å²) in [6, 6.07) is 0. The van der Waals surface area contributed by atoms with Crippen LogP contribution in [0.2, 0.25) is 0 Å². The first-order valence-electron chi connectivity index (χ1n) is 13.8. The molecule has 5 bridgehead atoms. The second-order valence-corrected chi connectivity index (χ2v) is 14.4. The molecule has 0 amide bonds. The number of halogens is 1. The second kappa shape index (κ2) is 6.62. The summed E-state index contributed by atoms with van der Waals surface area (Å²) in [5.41, 5.74) is -8.24. The zero-order chi connectivity index (χ0) is 27.8. The number of rotatable bonds is 0. The quantitative estimate of drug-likeness (QED) is 0.323. The number of esters is 2. The highest BCUT2D eigenvalue weighted by atomic mass is 35.5. The molecule has 0 aromatic heterocycles. The molecule has 0 aromatic carbocycles. The van der Waals surface area contributed by atoms with Crippen LogP contribution in [0.25, 0.3) is 0 Å². The molecule has 5 aliphatic heterocycles. The van der Waals surface area contributed by atoms with Gasteiger partial charge in [0, 0.05) is 5.92 Å². The molecule has 11 heteroatoms. The van der Waals surface area contributed by atoms with Gasteiger partial charge in [0.1, 0.15) is 6.10 Å². The Morgan fingerprint density at radius 3 is 2.59 bits per heavy atom. The van der Waals surface area contributed by atoms with Gasteiger partial charge in [-0.3, -0.25) is 14.4 Å². The average Bonchev–Trinajstić information content (AvgIpc) is 3.19. The Kier molecular flexibility index (Phi) is 4.23. The Morgan fingerprint density at radius 1 is 1.10 bits per heavy atom. The molecule has 10 nitrogen and oxygen atoms in total. The highest BCUT2D eigenvalue weighted by Gasteiger charge is 2.93. The van der Waals surface area contributed by atoms with Gasteiger partial charge in [0.25, 0.3) is 0 Å². The van der Waals surface area contributed by atoms with Crippen LogP contribution in [-0.2, 0) is 38.1 Å². The lowest BCUT2D eigenvalue weighted by Crippen LogP contribution is -2.79. The third-order valence-corrected chi connectivity index (χ3v) is 13.4. The van der Waals surface area contributed by atoms with Crippen molar-refractivity contribution in [1.29, 1.82) is 0 Å². The Hall–Kier alpha value is -1.85. The highest BCUT2D eigenvalue weighted by molar-refractivity contribution is 6.28. The van der Waals surface area contributed by atoms with Crippen LogP contribution in [0.4, 0.5) is 0 Å². The molecule has 39 heavy (non-hydrogen) atoms. The fourth-order valence-electron chi connectivity index (χ4n) is 10.5. The summed E-state index contributed by atoms with van der Waals surface area (Å²) >= 11 is 7.12. The molecule has 2 spiro atoms. The van der Waals surface area contributed by atoms with Crippen molar-refractivity contribution in [3.8, 4) is 0 Å². The molecule has 5 saturated heterocycles. The zero-order valence-electron chi connectivity index (χ0n) is 21.9. The standard InChI is InChI=1S/C28H31ClO10/c1-22-10-17-24(3)28-18(22)19(32)27(39-28,36-11-14(22)20(33)37-17)13-9-16(31)25(29)7-4-5-15(30)23(25,2)12(13)6-8-26(28,35)21(34)38-24/h4-5,12-14,16-18,31,35H,6-11H2,1-3H3/t12-,13+,14-,16+,17+,18-,22+,23-,24-,25-,26-,27-,28-/m0/s1. The van der Waals surface area contributed by atoms with E-state index >= 15 is 0 Å². The Morgan fingerprint density at radius 2 is 1.85 bits per heavy atom. The molecular formula is C28H31ClO10. The summed E-state index contributed by atoms with van der Waals surface area (Å²) < 4.78 is 25.0. The van der Waals surface area contributed by atoms with Crippen molar-refractivity contribution >= 4 is 35.1 Å². The number of alkyl halides is 1. The number of allylic oxidation sites excluding steroid dienone is 2. The summed E-state index contributed by atoms with van der Waals surface area (Å²) in [6.45, 7) is 4.87. The van der Waals surface area contributed by atoms with Crippen molar-refractivity contribution in [3.05, 3.63) is 12.2 Å². The molecule has 13 atom stereocenters. The average molecular weight is 563 g/mol. The molecule has 2 N–H and O–H groups in total. The number of aliphatic hydroxyl groups excluding tert-OH is 1.